The van der Waals surface area contributed by atoms with Crippen LogP contribution in [0.15, 0.2) is 36.4 Å². The van der Waals surface area contributed by atoms with Crippen LogP contribution in [-0.4, -0.2) is 0 Å². The fourth-order valence-electron chi connectivity index (χ4n) is 6.35. The van der Waals surface area contributed by atoms with Crippen molar-refractivity contribution in [2.45, 2.75) is 96.1 Å². The first-order valence-electron chi connectivity index (χ1n) is 13.6. The van der Waals surface area contributed by atoms with E-state index >= 15 is 4.39 Å². The molecule has 0 aromatic heterocycles. The van der Waals surface area contributed by atoms with Crippen molar-refractivity contribution in [3.8, 4) is 11.5 Å². The Hall–Kier alpha value is -2.11. The van der Waals surface area contributed by atoms with Gasteiger partial charge in [0, 0.05) is 5.56 Å². The maximum Gasteiger partial charge on any atom is 0.416 e. The van der Waals surface area contributed by atoms with Gasteiger partial charge in [-0.1, -0.05) is 45.4 Å². The van der Waals surface area contributed by atoms with E-state index in [0.29, 0.717) is 5.92 Å². The Kier molecular flexibility index (Phi) is 8.95. The predicted molar refractivity (Wildman–Crippen MR) is 132 cm³/mol. The topological polar surface area (TPSA) is 9.23 Å². The van der Waals surface area contributed by atoms with Crippen molar-refractivity contribution in [1.82, 2.24) is 0 Å². The highest BCUT2D eigenvalue weighted by Gasteiger charge is 2.34. The van der Waals surface area contributed by atoms with E-state index in [1.807, 2.05) is 0 Å². The molecule has 0 N–H and O–H groups in total. The molecular formula is C30H37F5O. The number of rotatable bonds is 8. The smallest absolute Gasteiger partial charge is 0.416 e. The van der Waals surface area contributed by atoms with Gasteiger partial charge in [0.15, 0.2) is 11.6 Å². The maximum absolute atomic E-state index is 15.3. The summed E-state index contributed by atoms with van der Waals surface area (Å²) in [5.74, 6) is 0.632. The van der Waals surface area contributed by atoms with Crippen molar-refractivity contribution in [2.24, 2.45) is 17.8 Å². The molecule has 0 radical (unpaired) electrons. The molecule has 0 heterocycles. The quantitative estimate of drug-likeness (QED) is 0.255. The number of hydrogen-bond donors (Lipinski definition) is 0. The molecule has 0 atom stereocenters. The van der Waals surface area contributed by atoms with Gasteiger partial charge in [0.25, 0.3) is 0 Å². The van der Waals surface area contributed by atoms with Gasteiger partial charge in [-0.2, -0.15) is 13.2 Å². The summed E-state index contributed by atoms with van der Waals surface area (Å²) in [5, 5.41) is 0. The van der Waals surface area contributed by atoms with Gasteiger partial charge in [0.05, 0.1) is 5.56 Å². The summed E-state index contributed by atoms with van der Waals surface area (Å²) in [4.78, 5) is 0. The molecule has 0 unspecified atom stereocenters. The average molecular weight is 509 g/mol. The Bertz CT molecular complexity index is 968. The molecule has 2 aromatic rings. The first-order valence-corrected chi connectivity index (χ1v) is 13.6. The number of unbranched alkanes of at least 4 members (excludes halogenated alkanes) is 2. The van der Waals surface area contributed by atoms with Crippen LogP contribution in [0.4, 0.5) is 22.0 Å². The Morgan fingerprint density at radius 1 is 0.778 bits per heavy atom. The largest absolute Gasteiger partial charge is 0.454 e. The van der Waals surface area contributed by atoms with E-state index in [4.69, 9.17) is 4.74 Å². The normalized spacial score (nSPS) is 25.1. The summed E-state index contributed by atoms with van der Waals surface area (Å²) in [6.07, 6.45) is 9.51. The van der Waals surface area contributed by atoms with Crippen molar-refractivity contribution < 1.29 is 26.7 Å². The Balaban J connectivity index is 1.34. The molecule has 0 aliphatic heterocycles. The number of ether oxygens (including phenoxy) is 1. The van der Waals surface area contributed by atoms with E-state index in [9.17, 15) is 17.6 Å². The SMILES string of the molecule is CCCCCC1CCC(C2CCC(c3c(F)ccc(Oc4ccc(C(F)(F)F)cc4)c3F)CC2)CC1. The second-order valence-corrected chi connectivity index (χ2v) is 10.8. The lowest BCUT2D eigenvalue weighted by Gasteiger charge is -2.38. The van der Waals surface area contributed by atoms with E-state index in [1.54, 1.807) is 0 Å². The van der Waals surface area contributed by atoms with Crippen molar-refractivity contribution >= 4 is 0 Å². The first-order chi connectivity index (χ1) is 17.3. The zero-order valence-electron chi connectivity index (χ0n) is 21.1. The summed E-state index contributed by atoms with van der Waals surface area (Å²) in [5.41, 5.74) is -0.755. The fraction of sp³-hybridized carbons (Fsp3) is 0.600. The molecule has 4 rings (SSSR count). The Morgan fingerprint density at radius 3 is 1.97 bits per heavy atom. The van der Waals surface area contributed by atoms with Gasteiger partial charge in [-0.05, 0) is 98.6 Å². The van der Waals surface area contributed by atoms with Gasteiger partial charge in [-0.25, -0.2) is 8.78 Å². The van der Waals surface area contributed by atoms with E-state index in [-0.39, 0.29) is 23.0 Å². The zero-order chi connectivity index (χ0) is 25.7. The molecule has 6 heteroatoms. The van der Waals surface area contributed by atoms with Gasteiger partial charge >= 0.3 is 6.18 Å². The van der Waals surface area contributed by atoms with Crippen molar-refractivity contribution in [1.29, 1.82) is 0 Å². The van der Waals surface area contributed by atoms with Gasteiger partial charge in [0.1, 0.15) is 11.6 Å². The zero-order valence-corrected chi connectivity index (χ0v) is 21.1. The van der Waals surface area contributed by atoms with Gasteiger partial charge in [-0.15, -0.1) is 0 Å². The first kappa shape index (κ1) is 26.9. The summed E-state index contributed by atoms with van der Waals surface area (Å²) in [6.45, 7) is 2.24. The highest BCUT2D eigenvalue weighted by Crippen LogP contribution is 2.46. The molecule has 2 fully saturated rings. The molecule has 0 bridgehead atoms. The minimum Gasteiger partial charge on any atom is -0.454 e. The average Bonchev–Trinajstić information content (AvgIpc) is 2.87. The summed E-state index contributed by atoms with van der Waals surface area (Å²) < 4.78 is 74.0. The number of benzene rings is 2. The van der Waals surface area contributed by atoms with Crippen LogP contribution in [0.1, 0.15) is 101 Å². The Labute approximate surface area is 211 Å². The van der Waals surface area contributed by atoms with Crippen molar-refractivity contribution in [3.63, 3.8) is 0 Å². The summed E-state index contributed by atoms with van der Waals surface area (Å²) in [6, 6.07) is 6.47. The summed E-state index contributed by atoms with van der Waals surface area (Å²) in [7, 11) is 0. The van der Waals surface area contributed by atoms with E-state index < -0.39 is 23.4 Å². The molecule has 2 saturated carbocycles. The number of hydrogen-bond acceptors (Lipinski definition) is 1. The monoisotopic (exact) mass is 508 g/mol. The molecule has 2 aliphatic carbocycles. The van der Waals surface area contributed by atoms with Crippen LogP contribution in [0.3, 0.4) is 0 Å². The second-order valence-electron chi connectivity index (χ2n) is 10.8. The molecule has 0 amide bonds. The summed E-state index contributed by atoms with van der Waals surface area (Å²) >= 11 is 0. The molecule has 1 nitrogen and oxygen atoms in total. The van der Waals surface area contributed by atoms with Gasteiger partial charge in [-0.3, -0.25) is 0 Å². The second kappa shape index (κ2) is 12.0. The highest BCUT2D eigenvalue weighted by atomic mass is 19.4. The molecule has 0 saturated heterocycles. The maximum atomic E-state index is 15.3. The lowest BCUT2D eigenvalue weighted by atomic mass is 9.68. The van der Waals surface area contributed by atoms with Crippen LogP contribution in [0.2, 0.25) is 0 Å². The third-order valence-corrected chi connectivity index (χ3v) is 8.45. The van der Waals surface area contributed by atoms with E-state index in [1.165, 1.54) is 63.5 Å². The molecule has 198 valence electrons. The van der Waals surface area contributed by atoms with E-state index in [2.05, 4.69) is 6.92 Å². The van der Waals surface area contributed by atoms with Crippen LogP contribution in [0.5, 0.6) is 11.5 Å². The third kappa shape index (κ3) is 6.60. The molecule has 0 spiro atoms. The molecule has 36 heavy (non-hydrogen) atoms. The lowest BCUT2D eigenvalue weighted by Crippen LogP contribution is -2.26. The minimum atomic E-state index is -4.46. The van der Waals surface area contributed by atoms with Crippen LogP contribution in [-0.2, 0) is 6.18 Å². The fourth-order valence-corrected chi connectivity index (χ4v) is 6.35. The standard InChI is InChI=1S/C30H37F5O/c1-2-3-4-5-20-6-8-21(9-7-20)22-10-12-23(13-11-22)28-26(31)18-19-27(29(28)32)36-25-16-14-24(15-17-25)30(33,34)35/h14-23H,2-13H2,1H3. The third-order valence-electron chi connectivity index (χ3n) is 8.45. The molecule has 2 aromatic carbocycles. The lowest BCUT2D eigenvalue weighted by molar-refractivity contribution is -0.137. The van der Waals surface area contributed by atoms with Gasteiger partial charge in [0.2, 0.25) is 0 Å². The predicted octanol–water partition coefficient (Wildman–Crippen LogP) is 10.4. The molecular weight excluding hydrogens is 471 g/mol. The van der Waals surface area contributed by atoms with Crippen molar-refractivity contribution in [2.75, 3.05) is 0 Å². The minimum absolute atomic E-state index is 0.0532. The van der Waals surface area contributed by atoms with E-state index in [0.717, 1.165) is 61.8 Å². The number of halogens is 5. The van der Waals surface area contributed by atoms with Crippen LogP contribution >= 0.6 is 0 Å². The van der Waals surface area contributed by atoms with Crippen LogP contribution in [0, 0.1) is 29.4 Å². The van der Waals surface area contributed by atoms with Crippen molar-refractivity contribution in [3.05, 3.63) is 59.2 Å². The highest BCUT2D eigenvalue weighted by molar-refractivity contribution is 5.39. The Morgan fingerprint density at radius 2 is 1.39 bits per heavy atom. The van der Waals surface area contributed by atoms with Gasteiger partial charge < -0.3 is 4.74 Å². The molecule has 2 aliphatic rings. The van der Waals surface area contributed by atoms with Crippen LogP contribution in [0.25, 0.3) is 0 Å². The van der Waals surface area contributed by atoms with Crippen LogP contribution < -0.4 is 4.74 Å². The number of alkyl halides is 3.